The maximum absolute atomic E-state index is 11.9. The van der Waals surface area contributed by atoms with Gasteiger partial charge in [-0.25, -0.2) is 0 Å². The summed E-state index contributed by atoms with van der Waals surface area (Å²) in [6.07, 6.45) is 0.930. The molecule has 0 amide bonds. The summed E-state index contributed by atoms with van der Waals surface area (Å²) in [5.74, 6) is -2.40. The molecular formula is C14H22O6. The lowest BCUT2D eigenvalue weighted by Crippen LogP contribution is -2.29. The zero-order valence-corrected chi connectivity index (χ0v) is 12.0. The summed E-state index contributed by atoms with van der Waals surface area (Å²) in [6.45, 7) is 3.32. The zero-order chi connectivity index (χ0) is 15.5. The number of carbonyl (C=O) groups excluding carboxylic acids is 3. The van der Waals surface area contributed by atoms with Gasteiger partial charge in [-0.3, -0.25) is 19.2 Å². The van der Waals surface area contributed by atoms with Crippen molar-refractivity contribution in [1.29, 1.82) is 0 Å². The Morgan fingerprint density at radius 3 is 2.20 bits per heavy atom. The number of carbonyl (C=O) groups is 4. The summed E-state index contributed by atoms with van der Waals surface area (Å²) >= 11 is 0. The van der Waals surface area contributed by atoms with Crippen molar-refractivity contribution < 1.29 is 29.0 Å². The van der Waals surface area contributed by atoms with Gasteiger partial charge in [-0.2, -0.15) is 0 Å². The van der Waals surface area contributed by atoms with E-state index in [-0.39, 0.29) is 37.2 Å². The summed E-state index contributed by atoms with van der Waals surface area (Å²) in [7, 11) is 0. The van der Waals surface area contributed by atoms with Gasteiger partial charge in [0.1, 0.15) is 5.78 Å². The summed E-state index contributed by atoms with van der Waals surface area (Å²) in [5.41, 5.74) is 0. The number of ketones is 2. The number of unbranched alkanes of at least 4 members (excludes halogenated alkanes) is 2. The van der Waals surface area contributed by atoms with Crippen molar-refractivity contribution in [2.24, 2.45) is 0 Å². The fraction of sp³-hybridized carbons (Fsp3) is 0.714. The lowest BCUT2D eigenvalue weighted by Gasteiger charge is -2.15. The van der Waals surface area contributed by atoms with Crippen LogP contribution in [0.25, 0.3) is 0 Å². The highest BCUT2D eigenvalue weighted by atomic mass is 16.5. The topological polar surface area (TPSA) is 97.7 Å². The Labute approximate surface area is 118 Å². The summed E-state index contributed by atoms with van der Waals surface area (Å²) in [4.78, 5) is 44.8. The van der Waals surface area contributed by atoms with Crippen molar-refractivity contribution in [3.05, 3.63) is 0 Å². The van der Waals surface area contributed by atoms with Crippen LogP contribution in [0.3, 0.4) is 0 Å². The van der Waals surface area contributed by atoms with Gasteiger partial charge in [-0.15, -0.1) is 0 Å². The molecule has 0 aromatic rings. The van der Waals surface area contributed by atoms with Gasteiger partial charge in [-0.1, -0.05) is 19.8 Å². The molecule has 6 heteroatoms. The molecule has 0 spiro atoms. The average molecular weight is 286 g/mol. The lowest BCUT2D eigenvalue weighted by atomic mass is 10.0. The minimum Gasteiger partial charge on any atom is -0.481 e. The van der Waals surface area contributed by atoms with Crippen LogP contribution in [0.4, 0.5) is 0 Å². The van der Waals surface area contributed by atoms with E-state index in [1.807, 2.05) is 6.92 Å². The standard InChI is InChI=1S/C14H22O6/c1-3-4-5-6-11(16)12(9-10(2)15)20-14(19)8-7-13(17)18/h12H,3-9H2,1-2H3,(H,17,18)/t12-/m1/s1. The molecule has 0 aromatic heterocycles. The molecule has 1 atom stereocenters. The van der Waals surface area contributed by atoms with Crippen molar-refractivity contribution in [2.45, 2.75) is 64.9 Å². The Balaban J connectivity index is 4.39. The zero-order valence-electron chi connectivity index (χ0n) is 12.0. The van der Waals surface area contributed by atoms with Gasteiger partial charge in [0, 0.05) is 6.42 Å². The van der Waals surface area contributed by atoms with E-state index in [1.165, 1.54) is 6.92 Å². The fourth-order valence-electron chi connectivity index (χ4n) is 1.62. The highest BCUT2D eigenvalue weighted by Crippen LogP contribution is 2.10. The van der Waals surface area contributed by atoms with Gasteiger partial charge < -0.3 is 9.84 Å². The number of esters is 1. The number of carboxylic acid groups (broad SMARTS) is 1. The Hall–Kier alpha value is -1.72. The first-order valence-corrected chi connectivity index (χ1v) is 6.80. The maximum atomic E-state index is 11.9. The molecule has 0 aromatic carbocycles. The van der Waals surface area contributed by atoms with Crippen LogP contribution in [0.5, 0.6) is 0 Å². The normalized spacial score (nSPS) is 11.7. The molecule has 0 aliphatic rings. The molecule has 114 valence electrons. The molecule has 0 fully saturated rings. The van der Waals surface area contributed by atoms with E-state index in [0.29, 0.717) is 6.42 Å². The number of carboxylic acids is 1. The second-order valence-electron chi connectivity index (χ2n) is 4.70. The predicted molar refractivity (Wildman–Crippen MR) is 71.2 cm³/mol. The van der Waals surface area contributed by atoms with Crippen molar-refractivity contribution in [2.75, 3.05) is 0 Å². The Morgan fingerprint density at radius 2 is 1.70 bits per heavy atom. The van der Waals surface area contributed by atoms with E-state index in [0.717, 1.165) is 12.8 Å². The lowest BCUT2D eigenvalue weighted by molar-refractivity contribution is -0.157. The van der Waals surface area contributed by atoms with E-state index in [2.05, 4.69) is 0 Å². The summed E-state index contributed by atoms with van der Waals surface area (Å²) in [6, 6.07) is 0. The number of Topliss-reactive ketones (excluding diaryl/α,β-unsaturated/α-hetero) is 2. The molecule has 0 saturated heterocycles. The van der Waals surface area contributed by atoms with Crippen LogP contribution in [-0.2, 0) is 23.9 Å². The smallest absolute Gasteiger partial charge is 0.307 e. The third kappa shape index (κ3) is 9.24. The van der Waals surface area contributed by atoms with Crippen LogP contribution in [0, 0.1) is 0 Å². The SMILES string of the molecule is CCCCCC(=O)[C@@H](CC(C)=O)OC(=O)CCC(=O)O. The first-order valence-electron chi connectivity index (χ1n) is 6.80. The molecule has 0 aliphatic heterocycles. The highest BCUT2D eigenvalue weighted by molar-refractivity contribution is 5.90. The summed E-state index contributed by atoms with van der Waals surface area (Å²) in [5, 5.41) is 8.47. The van der Waals surface area contributed by atoms with E-state index in [4.69, 9.17) is 9.84 Å². The largest absolute Gasteiger partial charge is 0.481 e. The quantitative estimate of drug-likeness (QED) is 0.460. The minimum absolute atomic E-state index is 0.149. The Morgan fingerprint density at radius 1 is 1.05 bits per heavy atom. The summed E-state index contributed by atoms with van der Waals surface area (Å²) < 4.78 is 4.93. The van der Waals surface area contributed by atoms with Gasteiger partial charge in [0.25, 0.3) is 0 Å². The van der Waals surface area contributed by atoms with Gasteiger partial charge in [0.05, 0.1) is 19.3 Å². The first kappa shape index (κ1) is 18.3. The number of rotatable bonds is 11. The molecule has 0 radical (unpaired) electrons. The van der Waals surface area contributed by atoms with Crippen molar-refractivity contribution >= 4 is 23.5 Å². The van der Waals surface area contributed by atoms with Crippen LogP contribution in [0.2, 0.25) is 0 Å². The molecule has 1 N–H and O–H groups in total. The highest BCUT2D eigenvalue weighted by Gasteiger charge is 2.24. The second kappa shape index (κ2) is 10.1. The third-order valence-corrected chi connectivity index (χ3v) is 2.68. The van der Waals surface area contributed by atoms with Crippen molar-refractivity contribution in [3.63, 3.8) is 0 Å². The van der Waals surface area contributed by atoms with E-state index < -0.39 is 18.0 Å². The minimum atomic E-state index is -1.11. The van der Waals surface area contributed by atoms with Gasteiger partial charge >= 0.3 is 11.9 Å². The van der Waals surface area contributed by atoms with Crippen LogP contribution in [0.1, 0.15) is 58.8 Å². The van der Waals surface area contributed by atoms with E-state index in [9.17, 15) is 19.2 Å². The van der Waals surface area contributed by atoms with Crippen molar-refractivity contribution in [3.8, 4) is 0 Å². The number of aliphatic carboxylic acids is 1. The average Bonchev–Trinajstić information content (AvgIpc) is 2.35. The van der Waals surface area contributed by atoms with E-state index >= 15 is 0 Å². The van der Waals surface area contributed by atoms with Crippen LogP contribution in [-0.4, -0.2) is 34.7 Å². The Bertz CT molecular complexity index is 361. The molecule has 6 nitrogen and oxygen atoms in total. The van der Waals surface area contributed by atoms with Crippen LogP contribution < -0.4 is 0 Å². The molecule has 20 heavy (non-hydrogen) atoms. The van der Waals surface area contributed by atoms with Crippen LogP contribution in [0.15, 0.2) is 0 Å². The third-order valence-electron chi connectivity index (χ3n) is 2.68. The predicted octanol–water partition coefficient (Wildman–Crippen LogP) is 1.89. The molecule has 0 heterocycles. The van der Waals surface area contributed by atoms with E-state index in [1.54, 1.807) is 0 Å². The Kier molecular flexibility index (Phi) is 9.24. The number of hydrogen-bond donors (Lipinski definition) is 1. The molecular weight excluding hydrogens is 264 g/mol. The number of hydrogen-bond acceptors (Lipinski definition) is 5. The molecule has 0 bridgehead atoms. The monoisotopic (exact) mass is 286 g/mol. The van der Waals surface area contributed by atoms with Gasteiger partial charge in [0.2, 0.25) is 0 Å². The van der Waals surface area contributed by atoms with Crippen molar-refractivity contribution in [1.82, 2.24) is 0 Å². The number of ether oxygens (including phenoxy) is 1. The molecule has 0 unspecified atom stereocenters. The van der Waals surface area contributed by atoms with Gasteiger partial charge in [-0.05, 0) is 13.3 Å². The van der Waals surface area contributed by atoms with Crippen LogP contribution >= 0.6 is 0 Å². The van der Waals surface area contributed by atoms with Gasteiger partial charge in [0.15, 0.2) is 11.9 Å². The maximum Gasteiger partial charge on any atom is 0.307 e. The molecule has 0 rings (SSSR count). The fourth-order valence-corrected chi connectivity index (χ4v) is 1.62. The molecule has 0 aliphatic carbocycles. The first-order chi connectivity index (χ1) is 9.36. The second-order valence-corrected chi connectivity index (χ2v) is 4.70. The molecule has 0 saturated carbocycles.